The number of hydrogen-bond acceptors (Lipinski definition) is 4. The molecule has 0 aliphatic carbocycles. The minimum absolute atomic E-state index is 0.209. The van der Waals surface area contributed by atoms with Gasteiger partial charge in [0.15, 0.2) is 5.96 Å². The number of hydrogen-bond donors (Lipinski definition) is 2. The number of ether oxygens (including phenoxy) is 3. The molecule has 1 aliphatic rings. The second-order valence-electron chi connectivity index (χ2n) is 6.91. The molecule has 28 heavy (non-hydrogen) atoms. The summed E-state index contributed by atoms with van der Waals surface area (Å²) in [5, 5.41) is 6.56. The molecule has 6 nitrogen and oxygen atoms in total. The minimum Gasteiger partial charge on any atom is -0.381 e. The number of aliphatic imine (C=N–C) groups is 1. The summed E-state index contributed by atoms with van der Waals surface area (Å²) in [7, 11) is 1.64. The maximum absolute atomic E-state index is 13.1. The zero-order valence-corrected chi connectivity index (χ0v) is 17.1. The van der Waals surface area contributed by atoms with Gasteiger partial charge in [-0.05, 0) is 49.8 Å². The van der Waals surface area contributed by atoms with E-state index in [1.165, 1.54) is 12.1 Å². The molecule has 0 aromatic heterocycles. The van der Waals surface area contributed by atoms with E-state index >= 15 is 0 Å². The van der Waals surface area contributed by atoms with Crippen LogP contribution in [-0.4, -0.2) is 59.1 Å². The standard InChI is InChI=1S/C21H34FN3O3/c1-3-23-21(24-11-4-12-28-16-17-9-13-27-14-10-17)25-15-20(26-2)18-5-7-19(22)8-6-18/h5-8,17,20H,3-4,9-16H2,1-2H3,(H2,23,24,25). The quantitative estimate of drug-likeness (QED) is 0.343. The smallest absolute Gasteiger partial charge is 0.191 e. The van der Waals surface area contributed by atoms with E-state index in [-0.39, 0.29) is 11.9 Å². The average Bonchev–Trinajstić information content (AvgIpc) is 2.72. The summed E-state index contributed by atoms with van der Waals surface area (Å²) in [4.78, 5) is 4.60. The number of rotatable bonds is 11. The Kier molecular flexibility index (Phi) is 10.9. The zero-order chi connectivity index (χ0) is 20.0. The zero-order valence-electron chi connectivity index (χ0n) is 17.1. The van der Waals surface area contributed by atoms with Gasteiger partial charge >= 0.3 is 0 Å². The van der Waals surface area contributed by atoms with Crippen molar-refractivity contribution in [1.29, 1.82) is 0 Å². The van der Waals surface area contributed by atoms with E-state index in [0.29, 0.717) is 12.5 Å². The molecule has 1 fully saturated rings. The lowest BCUT2D eigenvalue weighted by molar-refractivity contribution is 0.0203. The molecule has 1 heterocycles. The molecular weight excluding hydrogens is 361 g/mol. The van der Waals surface area contributed by atoms with Gasteiger partial charge in [0.05, 0.1) is 6.54 Å². The second-order valence-corrected chi connectivity index (χ2v) is 6.91. The van der Waals surface area contributed by atoms with Gasteiger partial charge in [0.1, 0.15) is 11.9 Å². The van der Waals surface area contributed by atoms with Gasteiger partial charge in [-0.2, -0.15) is 0 Å². The second kappa shape index (κ2) is 13.5. The van der Waals surface area contributed by atoms with Gasteiger partial charge in [-0.3, -0.25) is 4.99 Å². The van der Waals surface area contributed by atoms with E-state index in [2.05, 4.69) is 15.6 Å². The molecule has 2 rings (SSSR count). The summed E-state index contributed by atoms with van der Waals surface area (Å²) in [5.74, 6) is 1.13. The van der Waals surface area contributed by atoms with Crippen LogP contribution in [0.25, 0.3) is 0 Å². The van der Waals surface area contributed by atoms with E-state index in [1.807, 2.05) is 6.92 Å². The monoisotopic (exact) mass is 395 g/mol. The van der Waals surface area contributed by atoms with Crippen LogP contribution in [0.3, 0.4) is 0 Å². The Morgan fingerprint density at radius 2 is 2.00 bits per heavy atom. The van der Waals surface area contributed by atoms with Gasteiger partial charge in [-0.25, -0.2) is 4.39 Å². The minimum atomic E-state index is -0.254. The summed E-state index contributed by atoms with van der Waals surface area (Å²) >= 11 is 0. The molecule has 2 N–H and O–H groups in total. The molecule has 1 aromatic rings. The molecule has 0 radical (unpaired) electrons. The van der Waals surface area contributed by atoms with Crippen LogP contribution in [0.2, 0.25) is 0 Å². The van der Waals surface area contributed by atoms with Gasteiger partial charge in [0.2, 0.25) is 0 Å². The summed E-state index contributed by atoms with van der Waals surface area (Å²) in [6.07, 6.45) is 2.91. The van der Waals surface area contributed by atoms with Crippen molar-refractivity contribution >= 4 is 5.96 Å². The third kappa shape index (κ3) is 8.54. The highest BCUT2D eigenvalue weighted by molar-refractivity contribution is 5.79. The molecule has 158 valence electrons. The van der Waals surface area contributed by atoms with Gasteiger partial charge in [0, 0.05) is 46.6 Å². The van der Waals surface area contributed by atoms with Gasteiger partial charge in [-0.1, -0.05) is 12.1 Å². The van der Waals surface area contributed by atoms with Gasteiger partial charge in [-0.15, -0.1) is 0 Å². The van der Waals surface area contributed by atoms with E-state index in [9.17, 15) is 4.39 Å². The third-order valence-electron chi connectivity index (χ3n) is 4.74. The van der Waals surface area contributed by atoms with Crippen molar-refractivity contribution in [3.63, 3.8) is 0 Å². The van der Waals surface area contributed by atoms with Crippen molar-refractivity contribution in [2.75, 3.05) is 53.2 Å². The topological polar surface area (TPSA) is 64.1 Å². The molecule has 1 aromatic carbocycles. The third-order valence-corrected chi connectivity index (χ3v) is 4.74. The van der Waals surface area contributed by atoms with Gasteiger partial charge < -0.3 is 24.8 Å². The van der Waals surface area contributed by atoms with Crippen LogP contribution in [-0.2, 0) is 14.2 Å². The van der Waals surface area contributed by atoms with Crippen LogP contribution in [0.4, 0.5) is 4.39 Å². The first-order valence-corrected chi connectivity index (χ1v) is 10.2. The van der Waals surface area contributed by atoms with Crippen LogP contribution < -0.4 is 10.6 Å². The fraction of sp³-hybridized carbons (Fsp3) is 0.667. The number of halogens is 1. The van der Waals surface area contributed by atoms with Gasteiger partial charge in [0.25, 0.3) is 0 Å². The van der Waals surface area contributed by atoms with Crippen LogP contribution in [0.1, 0.15) is 37.9 Å². The lowest BCUT2D eigenvalue weighted by atomic mass is 10.0. The fourth-order valence-electron chi connectivity index (χ4n) is 3.05. The Balaban J connectivity index is 1.69. The molecule has 7 heteroatoms. The van der Waals surface area contributed by atoms with E-state index in [1.54, 1.807) is 19.2 Å². The number of methoxy groups -OCH3 is 1. The van der Waals surface area contributed by atoms with E-state index in [4.69, 9.17) is 14.2 Å². The van der Waals surface area contributed by atoms with Crippen LogP contribution in [0, 0.1) is 11.7 Å². The molecule has 0 bridgehead atoms. The van der Waals surface area contributed by atoms with Crippen molar-refractivity contribution in [3.8, 4) is 0 Å². The Hall–Kier alpha value is -1.70. The average molecular weight is 396 g/mol. The van der Waals surface area contributed by atoms with Crippen molar-refractivity contribution in [1.82, 2.24) is 10.6 Å². The SMILES string of the molecule is CCNC(=NCC(OC)c1ccc(F)cc1)NCCCOCC1CCOCC1. The Labute approximate surface area is 167 Å². The highest BCUT2D eigenvalue weighted by atomic mass is 19.1. The maximum Gasteiger partial charge on any atom is 0.191 e. The summed E-state index contributed by atoms with van der Waals surface area (Å²) < 4.78 is 29.8. The number of guanidine groups is 1. The number of nitrogens with zero attached hydrogens (tertiary/aromatic N) is 1. The first kappa shape index (κ1) is 22.6. The summed E-state index contributed by atoms with van der Waals surface area (Å²) in [6.45, 7) is 7.33. The molecule has 1 aliphatic heterocycles. The van der Waals surface area contributed by atoms with Crippen molar-refractivity contribution in [2.45, 2.75) is 32.3 Å². The molecular formula is C21H34FN3O3. The Morgan fingerprint density at radius 3 is 2.68 bits per heavy atom. The maximum atomic E-state index is 13.1. The molecule has 0 amide bonds. The molecule has 0 spiro atoms. The first-order chi connectivity index (χ1) is 13.7. The molecule has 0 saturated carbocycles. The first-order valence-electron chi connectivity index (χ1n) is 10.2. The van der Waals surface area contributed by atoms with Crippen molar-refractivity contribution in [2.24, 2.45) is 10.9 Å². The Bertz CT molecular complexity index is 563. The Morgan fingerprint density at radius 1 is 1.25 bits per heavy atom. The lowest BCUT2D eigenvalue weighted by Gasteiger charge is -2.21. The predicted octanol–water partition coefficient (Wildman–Crippen LogP) is 2.90. The highest BCUT2D eigenvalue weighted by Gasteiger charge is 2.13. The van der Waals surface area contributed by atoms with E-state index in [0.717, 1.165) is 70.3 Å². The summed E-state index contributed by atoms with van der Waals surface area (Å²) in [6, 6.07) is 6.34. The molecule has 1 unspecified atom stereocenters. The molecule has 1 atom stereocenters. The van der Waals surface area contributed by atoms with Crippen molar-refractivity contribution in [3.05, 3.63) is 35.6 Å². The van der Waals surface area contributed by atoms with Crippen LogP contribution in [0.15, 0.2) is 29.3 Å². The predicted molar refractivity (Wildman–Crippen MR) is 109 cm³/mol. The lowest BCUT2D eigenvalue weighted by Crippen LogP contribution is -2.38. The van der Waals surface area contributed by atoms with E-state index < -0.39 is 0 Å². The van der Waals surface area contributed by atoms with Crippen LogP contribution >= 0.6 is 0 Å². The largest absolute Gasteiger partial charge is 0.381 e. The number of benzene rings is 1. The summed E-state index contributed by atoms with van der Waals surface area (Å²) in [5.41, 5.74) is 0.907. The fourth-order valence-corrected chi connectivity index (χ4v) is 3.05. The molecule has 1 saturated heterocycles. The number of nitrogens with one attached hydrogen (secondary N) is 2. The van der Waals surface area contributed by atoms with Crippen molar-refractivity contribution < 1.29 is 18.6 Å². The highest BCUT2D eigenvalue weighted by Crippen LogP contribution is 2.17. The van der Waals surface area contributed by atoms with Crippen LogP contribution in [0.5, 0.6) is 0 Å². The normalized spacial score (nSPS) is 16.8.